The van der Waals surface area contributed by atoms with Crippen molar-refractivity contribution in [2.75, 3.05) is 0 Å². The maximum atomic E-state index is 13.1. The first-order chi connectivity index (χ1) is 9.45. The zero-order valence-electron chi connectivity index (χ0n) is 10.7. The lowest BCUT2D eigenvalue weighted by molar-refractivity contribution is 0.190. The molecule has 0 aliphatic rings. The van der Waals surface area contributed by atoms with Crippen LogP contribution >= 0.6 is 11.6 Å². The molecule has 0 spiro atoms. The maximum absolute atomic E-state index is 13.1. The van der Waals surface area contributed by atoms with Crippen LogP contribution < -0.4 is 4.74 Å². The summed E-state index contributed by atoms with van der Waals surface area (Å²) in [5.41, 5.74) is 0.892. The van der Waals surface area contributed by atoms with Gasteiger partial charge in [-0.05, 0) is 42.8 Å². The van der Waals surface area contributed by atoms with E-state index in [1.54, 1.807) is 25.1 Å². The molecule has 2 aromatic carbocycles. The molecule has 0 aromatic heterocycles. The Bertz CT molecular complexity index is 595. The molecule has 0 bridgehead atoms. The van der Waals surface area contributed by atoms with Gasteiger partial charge >= 0.3 is 0 Å². The van der Waals surface area contributed by atoms with E-state index < -0.39 is 17.7 Å². The van der Waals surface area contributed by atoms with E-state index in [4.69, 9.17) is 16.3 Å². The van der Waals surface area contributed by atoms with Gasteiger partial charge in [-0.1, -0.05) is 11.6 Å². The van der Waals surface area contributed by atoms with Crippen molar-refractivity contribution in [2.45, 2.75) is 19.6 Å². The highest BCUT2D eigenvalue weighted by molar-refractivity contribution is 6.30. The number of hydrogen-bond acceptors (Lipinski definition) is 2. The van der Waals surface area contributed by atoms with E-state index in [-0.39, 0.29) is 6.61 Å². The summed E-state index contributed by atoms with van der Waals surface area (Å²) in [5, 5.41) is 10.1. The summed E-state index contributed by atoms with van der Waals surface area (Å²) in [5.74, 6) is -0.889. The van der Waals surface area contributed by atoms with Gasteiger partial charge in [0.25, 0.3) is 0 Å². The van der Waals surface area contributed by atoms with E-state index in [9.17, 15) is 13.9 Å². The molecule has 0 fully saturated rings. The first-order valence-corrected chi connectivity index (χ1v) is 6.39. The van der Waals surface area contributed by atoms with Crippen LogP contribution in [0.3, 0.4) is 0 Å². The van der Waals surface area contributed by atoms with E-state index >= 15 is 0 Å². The molecule has 0 heterocycles. The molecule has 0 radical (unpaired) electrons. The van der Waals surface area contributed by atoms with Gasteiger partial charge in [-0.2, -0.15) is 0 Å². The van der Waals surface area contributed by atoms with Crippen molar-refractivity contribution in [1.29, 1.82) is 0 Å². The predicted molar refractivity (Wildman–Crippen MR) is 72.8 cm³/mol. The van der Waals surface area contributed by atoms with Crippen LogP contribution in [0.4, 0.5) is 8.78 Å². The maximum Gasteiger partial charge on any atom is 0.126 e. The van der Waals surface area contributed by atoms with Crippen molar-refractivity contribution >= 4 is 11.6 Å². The molecular formula is C15H13ClF2O2. The molecule has 20 heavy (non-hydrogen) atoms. The number of aliphatic hydroxyl groups is 1. The Morgan fingerprint density at radius 3 is 2.40 bits per heavy atom. The standard InChI is InChI=1S/C15H13ClF2O2/c1-9(19)14-6-11(16)2-3-15(14)20-8-10-4-12(17)7-13(18)5-10/h2-7,9,19H,8H2,1H3. The Morgan fingerprint density at radius 1 is 1.15 bits per heavy atom. The summed E-state index contributed by atoms with van der Waals surface area (Å²) in [6.07, 6.45) is -0.757. The van der Waals surface area contributed by atoms with Crippen LogP contribution in [0.1, 0.15) is 24.2 Å². The van der Waals surface area contributed by atoms with Crippen molar-refractivity contribution < 1.29 is 18.6 Å². The summed E-state index contributed by atoms with van der Waals surface area (Å²) >= 11 is 5.85. The molecule has 2 rings (SSSR count). The molecule has 1 atom stereocenters. The monoisotopic (exact) mass is 298 g/mol. The quantitative estimate of drug-likeness (QED) is 0.914. The molecule has 2 aromatic rings. The lowest BCUT2D eigenvalue weighted by Crippen LogP contribution is -2.01. The Kier molecular flexibility index (Phi) is 4.57. The van der Waals surface area contributed by atoms with Crippen LogP contribution in [0.15, 0.2) is 36.4 Å². The van der Waals surface area contributed by atoms with Gasteiger partial charge in [-0.25, -0.2) is 8.78 Å². The van der Waals surface area contributed by atoms with Gasteiger partial charge in [-0.15, -0.1) is 0 Å². The predicted octanol–water partition coefficient (Wildman–Crippen LogP) is 4.25. The average molecular weight is 299 g/mol. The minimum absolute atomic E-state index is 0.00394. The average Bonchev–Trinajstić information content (AvgIpc) is 2.36. The summed E-state index contributed by atoms with van der Waals surface area (Å²) < 4.78 is 31.6. The first-order valence-electron chi connectivity index (χ1n) is 6.01. The van der Waals surface area contributed by atoms with E-state index in [2.05, 4.69) is 0 Å². The van der Waals surface area contributed by atoms with Gasteiger partial charge < -0.3 is 9.84 Å². The smallest absolute Gasteiger partial charge is 0.126 e. The molecular weight excluding hydrogens is 286 g/mol. The van der Waals surface area contributed by atoms with Gasteiger partial charge in [-0.3, -0.25) is 0 Å². The van der Waals surface area contributed by atoms with Gasteiger partial charge in [0, 0.05) is 16.7 Å². The first kappa shape index (κ1) is 14.8. The van der Waals surface area contributed by atoms with Crippen LogP contribution in [0.5, 0.6) is 5.75 Å². The fraction of sp³-hybridized carbons (Fsp3) is 0.200. The summed E-state index contributed by atoms with van der Waals surface area (Å²) in [4.78, 5) is 0. The van der Waals surface area contributed by atoms with Crippen molar-refractivity contribution in [2.24, 2.45) is 0 Å². The largest absolute Gasteiger partial charge is 0.489 e. The lowest BCUT2D eigenvalue weighted by atomic mass is 10.1. The summed E-state index contributed by atoms with van der Waals surface area (Å²) in [6.45, 7) is 1.58. The van der Waals surface area contributed by atoms with E-state index in [0.29, 0.717) is 21.9 Å². The SMILES string of the molecule is CC(O)c1cc(Cl)ccc1OCc1cc(F)cc(F)c1. The van der Waals surface area contributed by atoms with E-state index in [1.165, 1.54) is 12.1 Å². The third-order valence-electron chi connectivity index (χ3n) is 2.74. The Labute approximate surface area is 120 Å². The van der Waals surface area contributed by atoms with Gasteiger partial charge in [0.15, 0.2) is 0 Å². The molecule has 5 heteroatoms. The molecule has 0 aliphatic heterocycles. The molecule has 106 valence electrons. The normalized spacial score (nSPS) is 12.2. The molecule has 0 saturated carbocycles. The van der Waals surface area contributed by atoms with Gasteiger partial charge in [0.05, 0.1) is 6.10 Å². The highest BCUT2D eigenvalue weighted by Crippen LogP contribution is 2.29. The number of benzene rings is 2. The number of ether oxygens (including phenoxy) is 1. The molecule has 2 nitrogen and oxygen atoms in total. The second kappa shape index (κ2) is 6.20. The molecule has 1 unspecified atom stereocenters. The minimum Gasteiger partial charge on any atom is -0.489 e. The zero-order valence-corrected chi connectivity index (χ0v) is 11.5. The Morgan fingerprint density at radius 2 is 1.80 bits per heavy atom. The number of rotatable bonds is 4. The van der Waals surface area contributed by atoms with E-state index in [0.717, 1.165) is 6.07 Å². The highest BCUT2D eigenvalue weighted by atomic mass is 35.5. The number of aliphatic hydroxyl groups excluding tert-OH is 1. The molecule has 0 amide bonds. The molecule has 0 aliphatic carbocycles. The van der Waals surface area contributed by atoms with Crippen molar-refractivity contribution in [3.05, 3.63) is 64.2 Å². The van der Waals surface area contributed by atoms with Crippen molar-refractivity contribution in [3.8, 4) is 5.75 Å². The topological polar surface area (TPSA) is 29.5 Å². The van der Waals surface area contributed by atoms with Crippen LogP contribution in [0.25, 0.3) is 0 Å². The van der Waals surface area contributed by atoms with Crippen LogP contribution in [-0.4, -0.2) is 5.11 Å². The Hall–Kier alpha value is -1.65. The molecule has 0 saturated heterocycles. The van der Waals surface area contributed by atoms with Crippen LogP contribution in [0, 0.1) is 11.6 Å². The van der Waals surface area contributed by atoms with Gasteiger partial charge in [0.2, 0.25) is 0 Å². The number of halogens is 3. The van der Waals surface area contributed by atoms with Crippen molar-refractivity contribution in [1.82, 2.24) is 0 Å². The number of hydrogen-bond donors (Lipinski definition) is 1. The van der Waals surface area contributed by atoms with Crippen LogP contribution in [0.2, 0.25) is 5.02 Å². The van der Waals surface area contributed by atoms with Crippen molar-refractivity contribution in [3.63, 3.8) is 0 Å². The second-order valence-corrected chi connectivity index (χ2v) is 4.86. The second-order valence-electron chi connectivity index (χ2n) is 4.42. The lowest BCUT2D eigenvalue weighted by Gasteiger charge is -2.14. The summed E-state index contributed by atoms with van der Waals surface area (Å²) in [7, 11) is 0. The third-order valence-corrected chi connectivity index (χ3v) is 2.97. The summed E-state index contributed by atoms with van der Waals surface area (Å²) in [6, 6.07) is 8.01. The minimum atomic E-state index is -0.757. The fourth-order valence-corrected chi connectivity index (χ4v) is 2.01. The third kappa shape index (κ3) is 3.68. The van der Waals surface area contributed by atoms with Gasteiger partial charge in [0.1, 0.15) is 24.0 Å². The molecule has 1 N–H and O–H groups in total. The zero-order chi connectivity index (χ0) is 14.7. The Balaban J connectivity index is 2.18. The fourth-order valence-electron chi connectivity index (χ4n) is 1.83. The van der Waals surface area contributed by atoms with E-state index in [1.807, 2.05) is 0 Å². The van der Waals surface area contributed by atoms with Crippen LogP contribution in [-0.2, 0) is 6.61 Å². The highest BCUT2D eigenvalue weighted by Gasteiger charge is 2.10.